The van der Waals surface area contributed by atoms with Crippen molar-refractivity contribution in [3.8, 4) is 5.75 Å². The van der Waals surface area contributed by atoms with Crippen LogP contribution in [0, 0.1) is 0 Å². The number of benzene rings is 2. The fraction of sp³-hybridized carbons (Fsp3) is 0.320. The number of carbonyl (C=O) groups is 3. The van der Waals surface area contributed by atoms with Crippen molar-refractivity contribution < 1.29 is 23.9 Å². The van der Waals surface area contributed by atoms with Gasteiger partial charge in [-0.1, -0.05) is 44.2 Å². The average molecular weight is 450 g/mol. The van der Waals surface area contributed by atoms with Gasteiger partial charge in [0.05, 0.1) is 23.9 Å². The quantitative estimate of drug-likeness (QED) is 0.628. The van der Waals surface area contributed by atoms with Gasteiger partial charge in [0.15, 0.2) is 0 Å². The third kappa shape index (κ3) is 4.55. The second kappa shape index (κ2) is 9.36. The molecule has 33 heavy (non-hydrogen) atoms. The molecule has 8 nitrogen and oxygen atoms in total. The molecular weight excluding hydrogens is 422 g/mol. The molecular formula is C25H27N3O5. The van der Waals surface area contributed by atoms with E-state index in [-0.39, 0.29) is 19.1 Å². The Hall–Kier alpha value is -3.81. The van der Waals surface area contributed by atoms with Crippen LogP contribution in [0.1, 0.15) is 43.9 Å². The van der Waals surface area contributed by atoms with Crippen LogP contribution in [0.5, 0.6) is 5.75 Å². The first-order chi connectivity index (χ1) is 15.9. The SMILES string of the molecule is CCOc1ccccc1[C@@H]1NC(=O)N(CC(=O)Nc2cccc(C(C)C)c2)C2=C1C(=O)OC2. The highest BCUT2D eigenvalue weighted by atomic mass is 16.5. The van der Waals surface area contributed by atoms with E-state index in [1.807, 2.05) is 37.3 Å². The van der Waals surface area contributed by atoms with Crippen LogP contribution < -0.4 is 15.4 Å². The molecule has 0 fully saturated rings. The van der Waals surface area contributed by atoms with Crippen molar-refractivity contribution in [2.24, 2.45) is 0 Å². The van der Waals surface area contributed by atoms with Crippen LogP contribution in [0.3, 0.4) is 0 Å². The maximum atomic E-state index is 13.0. The summed E-state index contributed by atoms with van der Waals surface area (Å²) in [5.74, 6) is 0.00966. The topological polar surface area (TPSA) is 97.0 Å². The van der Waals surface area contributed by atoms with Gasteiger partial charge in [-0.3, -0.25) is 9.69 Å². The van der Waals surface area contributed by atoms with E-state index < -0.39 is 18.0 Å². The zero-order valence-electron chi connectivity index (χ0n) is 18.9. The van der Waals surface area contributed by atoms with E-state index >= 15 is 0 Å². The fourth-order valence-electron chi connectivity index (χ4n) is 4.04. The van der Waals surface area contributed by atoms with Gasteiger partial charge in [0, 0.05) is 11.3 Å². The summed E-state index contributed by atoms with van der Waals surface area (Å²) >= 11 is 0. The molecule has 2 aliphatic heterocycles. The summed E-state index contributed by atoms with van der Waals surface area (Å²) in [5, 5.41) is 5.68. The van der Waals surface area contributed by atoms with E-state index in [4.69, 9.17) is 9.47 Å². The molecule has 0 spiro atoms. The number of hydrogen-bond acceptors (Lipinski definition) is 5. The third-order valence-electron chi connectivity index (χ3n) is 5.67. The highest BCUT2D eigenvalue weighted by molar-refractivity contribution is 6.00. The summed E-state index contributed by atoms with van der Waals surface area (Å²) in [5.41, 5.74) is 3.12. The molecule has 172 valence electrons. The van der Waals surface area contributed by atoms with Crippen molar-refractivity contribution in [3.63, 3.8) is 0 Å². The number of esters is 1. The van der Waals surface area contributed by atoms with Gasteiger partial charge in [0.25, 0.3) is 0 Å². The Morgan fingerprint density at radius 3 is 2.76 bits per heavy atom. The second-order valence-corrected chi connectivity index (χ2v) is 8.20. The molecule has 0 aliphatic carbocycles. The van der Waals surface area contributed by atoms with Crippen LogP contribution in [0.25, 0.3) is 0 Å². The van der Waals surface area contributed by atoms with E-state index in [1.54, 1.807) is 18.2 Å². The fourth-order valence-corrected chi connectivity index (χ4v) is 4.04. The Bertz CT molecular complexity index is 1120. The number of nitrogens with zero attached hydrogens (tertiary/aromatic N) is 1. The van der Waals surface area contributed by atoms with Gasteiger partial charge >= 0.3 is 12.0 Å². The number of cyclic esters (lactones) is 1. The average Bonchev–Trinajstić information content (AvgIpc) is 3.18. The molecule has 0 bridgehead atoms. The summed E-state index contributed by atoms with van der Waals surface area (Å²) in [6, 6.07) is 13.6. The highest BCUT2D eigenvalue weighted by Gasteiger charge is 2.43. The first-order valence-corrected chi connectivity index (χ1v) is 11.0. The Kier molecular flexibility index (Phi) is 6.35. The monoisotopic (exact) mass is 449 g/mol. The third-order valence-corrected chi connectivity index (χ3v) is 5.67. The van der Waals surface area contributed by atoms with Gasteiger partial charge in [0.1, 0.15) is 18.9 Å². The maximum Gasteiger partial charge on any atom is 0.338 e. The number of carbonyl (C=O) groups excluding carboxylic acids is 3. The van der Waals surface area contributed by atoms with Crippen LogP contribution in [0.2, 0.25) is 0 Å². The number of ether oxygens (including phenoxy) is 2. The van der Waals surface area contributed by atoms with Crippen LogP contribution in [0.15, 0.2) is 59.8 Å². The summed E-state index contributed by atoms with van der Waals surface area (Å²) in [6.07, 6.45) is 0. The van der Waals surface area contributed by atoms with Gasteiger partial charge in [-0.05, 0) is 36.6 Å². The minimum Gasteiger partial charge on any atom is -0.494 e. The molecule has 2 aromatic carbocycles. The van der Waals surface area contributed by atoms with Crippen LogP contribution >= 0.6 is 0 Å². The lowest BCUT2D eigenvalue weighted by molar-refractivity contribution is -0.136. The molecule has 4 rings (SSSR count). The molecule has 8 heteroatoms. The van der Waals surface area contributed by atoms with Crippen molar-refractivity contribution in [2.45, 2.75) is 32.7 Å². The van der Waals surface area contributed by atoms with Crippen molar-refractivity contribution >= 4 is 23.6 Å². The van der Waals surface area contributed by atoms with E-state index in [9.17, 15) is 14.4 Å². The van der Waals surface area contributed by atoms with Crippen molar-refractivity contribution in [3.05, 3.63) is 70.9 Å². The molecule has 0 saturated carbocycles. The lowest BCUT2D eigenvalue weighted by Gasteiger charge is -2.33. The Morgan fingerprint density at radius 1 is 1.21 bits per heavy atom. The van der Waals surface area contributed by atoms with Gasteiger partial charge in [-0.2, -0.15) is 0 Å². The molecule has 1 atom stereocenters. The number of urea groups is 1. The molecule has 0 aromatic heterocycles. The summed E-state index contributed by atoms with van der Waals surface area (Å²) in [4.78, 5) is 39.6. The first-order valence-electron chi connectivity index (χ1n) is 11.0. The van der Waals surface area contributed by atoms with Gasteiger partial charge in [-0.15, -0.1) is 0 Å². The number of nitrogens with one attached hydrogen (secondary N) is 2. The van der Waals surface area contributed by atoms with Crippen LogP contribution in [-0.4, -0.2) is 42.6 Å². The smallest absolute Gasteiger partial charge is 0.338 e. The number of hydrogen-bond donors (Lipinski definition) is 2. The lowest BCUT2D eigenvalue weighted by Crippen LogP contribution is -2.49. The van der Waals surface area contributed by atoms with Gasteiger partial charge in [-0.25, -0.2) is 9.59 Å². The predicted octanol–water partition coefficient (Wildman–Crippen LogP) is 3.72. The van der Waals surface area contributed by atoms with Crippen LogP contribution in [0.4, 0.5) is 10.5 Å². The molecule has 2 heterocycles. The Labute approximate surface area is 192 Å². The first kappa shape index (κ1) is 22.4. The summed E-state index contributed by atoms with van der Waals surface area (Å²) in [6.45, 7) is 6.15. The molecule has 2 aromatic rings. The van der Waals surface area contributed by atoms with Crippen molar-refractivity contribution in [2.75, 3.05) is 25.1 Å². The lowest BCUT2D eigenvalue weighted by atomic mass is 9.95. The Balaban J connectivity index is 1.59. The minimum atomic E-state index is -0.715. The number of amides is 3. The summed E-state index contributed by atoms with van der Waals surface area (Å²) < 4.78 is 10.9. The molecule has 3 amide bonds. The standard InChI is InChI=1S/C25H27N3O5/c1-4-32-20-11-6-5-10-18(20)23-22-19(14-33-24(22)30)28(25(31)27-23)13-21(29)26-17-9-7-8-16(12-17)15(2)3/h5-12,15,23H,4,13-14H2,1-3H3,(H,26,29)(H,27,31)/t23-/m0/s1. The summed E-state index contributed by atoms with van der Waals surface area (Å²) in [7, 11) is 0. The normalized spacial score (nSPS) is 17.6. The van der Waals surface area contributed by atoms with Crippen molar-refractivity contribution in [1.82, 2.24) is 10.2 Å². The van der Waals surface area contributed by atoms with E-state index in [1.165, 1.54) is 4.90 Å². The molecule has 2 aliphatic rings. The minimum absolute atomic E-state index is 0.0645. The van der Waals surface area contributed by atoms with Crippen LogP contribution in [-0.2, 0) is 14.3 Å². The highest BCUT2D eigenvalue weighted by Crippen LogP contribution is 2.38. The number of rotatable bonds is 7. The van der Waals surface area contributed by atoms with E-state index in [0.29, 0.717) is 40.8 Å². The van der Waals surface area contributed by atoms with Gasteiger partial charge < -0.3 is 20.1 Å². The number of para-hydroxylation sites is 1. The zero-order valence-corrected chi connectivity index (χ0v) is 18.9. The predicted molar refractivity (Wildman–Crippen MR) is 123 cm³/mol. The molecule has 0 saturated heterocycles. The number of anilines is 1. The molecule has 0 radical (unpaired) electrons. The molecule has 0 unspecified atom stereocenters. The van der Waals surface area contributed by atoms with E-state index in [2.05, 4.69) is 24.5 Å². The van der Waals surface area contributed by atoms with Gasteiger partial charge in [0.2, 0.25) is 5.91 Å². The largest absolute Gasteiger partial charge is 0.494 e. The maximum absolute atomic E-state index is 13.0. The second-order valence-electron chi connectivity index (χ2n) is 8.20. The Morgan fingerprint density at radius 2 is 2.00 bits per heavy atom. The zero-order chi connectivity index (χ0) is 23.5. The molecule has 2 N–H and O–H groups in total. The van der Waals surface area contributed by atoms with E-state index in [0.717, 1.165) is 5.56 Å². The van der Waals surface area contributed by atoms with Crippen molar-refractivity contribution in [1.29, 1.82) is 0 Å².